The summed E-state index contributed by atoms with van der Waals surface area (Å²) in [4.78, 5) is 2.60. The van der Waals surface area contributed by atoms with Crippen LogP contribution >= 0.6 is 15.9 Å². The molecule has 0 unspecified atom stereocenters. The van der Waals surface area contributed by atoms with Crippen molar-refractivity contribution in [2.24, 2.45) is 0 Å². The molecule has 0 N–H and O–H groups in total. The lowest BCUT2D eigenvalue weighted by atomic mass is 10.1. The first kappa shape index (κ1) is 19.9. The number of benzene rings is 2. The van der Waals surface area contributed by atoms with Crippen LogP contribution in [0, 0.1) is 0 Å². The lowest BCUT2D eigenvalue weighted by Crippen LogP contribution is -2.23. The van der Waals surface area contributed by atoms with Gasteiger partial charge in [0.2, 0.25) is 0 Å². The summed E-state index contributed by atoms with van der Waals surface area (Å²) in [7, 11) is -1.04. The predicted molar refractivity (Wildman–Crippen MR) is 105 cm³/mol. The van der Waals surface area contributed by atoms with E-state index in [4.69, 9.17) is 4.74 Å². The maximum atomic E-state index is 11.4. The monoisotopic (exact) mass is 425 g/mol. The first-order valence-electron chi connectivity index (χ1n) is 8.20. The molecule has 0 aliphatic rings. The first-order valence-corrected chi connectivity index (χ1v) is 10.9. The van der Waals surface area contributed by atoms with Crippen molar-refractivity contribution in [3.05, 3.63) is 58.6 Å². The van der Waals surface area contributed by atoms with Gasteiger partial charge < -0.3 is 9.64 Å². The summed E-state index contributed by atoms with van der Waals surface area (Å²) in [6.07, 6.45) is 3.15. The Kier molecular flexibility index (Phi) is 7.47. The number of ether oxygens (including phenoxy) is 1. The minimum absolute atomic E-state index is 0.313. The Morgan fingerprint density at radius 2 is 1.64 bits per heavy atom. The number of hydrogen-bond donors (Lipinski definition) is 0. The second kappa shape index (κ2) is 9.36. The molecule has 2 aromatic carbocycles. The van der Waals surface area contributed by atoms with Gasteiger partial charge in [0.25, 0.3) is 0 Å². The molecule has 6 heteroatoms. The van der Waals surface area contributed by atoms with E-state index in [-0.39, 0.29) is 0 Å². The lowest BCUT2D eigenvalue weighted by molar-refractivity contribution is 0.264. The molecule has 0 fully saturated rings. The van der Waals surface area contributed by atoms with Crippen LogP contribution in [0.15, 0.2) is 57.9 Å². The largest absolute Gasteiger partial charge is 0.494 e. The number of halogens is 1. The third-order valence-corrected chi connectivity index (χ3v) is 5.56. The van der Waals surface area contributed by atoms with Gasteiger partial charge in [0.15, 0.2) is 9.84 Å². The SMILES string of the molecule is CN(CCCOc1ccc(S(C)(=O)=O)cc1)CCc1ccc(Br)cc1. The molecule has 0 saturated heterocycles. The van der Waals surface area contributed by atoms with Crippen molar-refractivity contribution in [3.63, 3.8) is 0 Å². The Hall–Kier alpha value is -1.37. The average Bonchev–Trinajstić information content (AvgIpc) is 2.58. The summed E-state index contributed by atoms with van der Waals surface area (Å²) in [5, 5.41) is 0. The van der Waals surface area contributed by atoms with E-state index in [9.17, 15) is 8.42 Å². The summed E-state index contributed by atoms with van der Waals surface area (Å²) in [6.45, 7) is 2.57. The van der Waals surface area contributed by atoms with Crippen molar-refractivity contribution in [1.82, 2.24) is 4.90 Å². The van der Waals surface area contributed by atoms with Gasteiger partial charge >= 0.3 is 0 Å². The molecule has 4 nitrogen and oxygen atoms in total. The van der Waals surface area contributed by atoms with Crippen molar-refractivity contribution in [3.8, 4) is 5.75 Å². The van der Waals surface area contributed by atoms with E-state index in [1.807, 2.05) is 0 Å². The Morgan fingerprint density at radius 1 is 1.00 bits per heavy atom. The summed E-state index contributed by atoms with van der Waals surface area (Å²) in [5.74, 6) is 0.699. The zero-order valence-corrected chi connectivity index (χ0v) is 17.0. The van der Waals surface area contributed by atoms with E-state index in [0.717, 1.165) is 30.4 Å². The van der Waals surface area contributed by atoms with E-state index in [1.165, 1.54) is 11.8 Å². The van der Waals surface area contributed by atoms with Gasteiger partial charge in [-0.1, -0.05) is 28.1 Å². The van der Waals surface area contributed by atoms with Crippen LogP contribution in [0.4, 0.5) is 0 Å². The van der Waals surface area contributed by atoms with Crippen LogP contribution in [0.2, 0.25) is 0 Å². The molecule has 2 aromatic rings. The second-order valence-electron chi connectivity index (χ2n) is 6.13. The molecular formula is C19H24BrNO3S. The zero-order chi connectivity index (χ0) is 18.3. The van der Waals surface area contributed by atoms with Gasteiger partial charge in [0, 0.05) is 23.8 Å². The maximum Gasteiger partial charge on any atom is 0.175 e. The standard InChI is InChI=1S/C19H24BrNO3S/c1-21(14-12-16-4-6-17(20)7-5-16)13-3-15-24-18-8-10-19(11-9-18)25(2,22)23/h4-11H,3,12-15H2,1-2H3. The lowest BCUT2D eigenvalue weighted by Gasteiger charge is -2.16. The molecule has 136 valence electrons. The number of rotatable bonds is 9. The molecule has 0 bridgehead atoms. The Bertz CT molecular complexity index is 758. The highest BCUT2D eigenvalue weighted by molar-refractivity contribution is 9.10. The minimum Gasteiger partial charge on any atom is -0.494 e. The number of hydrogen-bond acceptors (Lipinski definition) is 4. The van der Waals surface area contributed by atoms with Crippen molar-refractivity contribution in [2.75, 3.05) is 33.0 Å². The second-order valence-corrected chi connectivity index (χ2v) is 9.06. The van der Waals surface area contributed by atoms with E-state index in [1.54, 1.807) is 24.3 Å². The van der Waals surface area contributed by atoms with Gasteiger partial charge in [0.05, 0.1) is 11.5 Å². The summed E-state index contributed by atoms with van der Waals surface area (Å²) < 4.78 is 29.6. The number of sulfone groups is 1. The van der Waals surface area contributed by atoms with Crippen LogP contribution in [-0.2, 0) is 16.3 Å². The fourth-order valence-electron chi connectivity index (χ4n) is 2.39. The summed E-state index contributed by atoms with van der Waals surface area (Å²) in [5.41, 5.74) is 1.33. The number of likely N-dealkylation sites (N-methyl/N-ethyl adjacent to an activating group) is 1. The minimum atomic E-state index is -3.15. The maximum absolute atomic E-state index is 11.4. The van der Waals surface area contributed by atoms with Crippen molar-refractivity contribution < 1.29 is 13.2 Å². The highest BCUT2D eigenvalue weighted by Gasteiger charge is 2.06. The van der Waals surface area contributed by atoms with Crippen LogP contribution in [0.1, 0.15) is 12.0 Å². The van der Waals surface area contributed by atoms with Crippen molar-refractivity contribution in [2.45, 2.75) is 17.7 Å². The van der Waals surface area contributed by atoms with E-state index < -0.39 is 9.84 Å². The van der Waals surface area contributed by atoms with Crippen LogP contribution in [0.5, 0.6) is 5.75 Å². The smallest absolute Gasteiger partial charge is 0.175 e. The van der Waals surface area contributed by atoms with Crippen LogP contribution in [-0.4, -0.2) is 46.3 Å². The van der Waals surface area contributed by atoms with Gasteiger partial charge in [0.1, 0.15) is 5.75 Å². The van der Waals surface area contributed by atoms with Gasteiger partial charge in [-0.2, -0.15) is 0 Å². The van der Waals surface area contributed by atoms with Crippen LogP contribution in [0.25, 0.3) is 0 Å². The molecule has 0 heterocycles. The quantitative estimate of drug-likeness (QED) is 0.573. The van der Waals surface area contributed by atoms with Crippen molar-refractivity contribution in [1.29, 1.82) is 0 Å². The molecule has 25 heavy (non-hydrogen) atoms. The van der Waals surface area contributed by atoms with Gasteiger partial charge in [-0.25, -0.2) is 8.42 Å². The van der Waals surface area contributed by atoms with Crippen LogP contribution < -0.4 is 4.74 Å². The molecule has 0 aliphatic heterocycles. The predicted octanol–water partition coefficient (Wildman–Crippen LogP) is 3.80. The summed E-state index contributed by atoms with van der Waals surface area (Å²) in [6, 6.07) is 15.0. The fourth-order valence-corrected chi connectivity index (χ4v) is 3.29. The third-order valence-electron chi connectivity index (χ3n) is 3.90. The molecule has 0 aromatic heterocycles. The highest BCUT2D eigenvalue weighted by atomic mass is 79.9. The Balaban J connectivity index is 1.65. The van der Waals surface area contributed by atoms with Crippen molar-refractivity contribution >= 4 is 25.8 Å². The van der Waals surface area contributed by atoms with Gasteiger partial charge in [-0.3, -0.25) is 0 Å². The molecule has 0 amide bonds. The molecule has 0 saturated carbocycles. The highest BCUT2D eigenvalue weighted by Crippen LogP contribution is 2.16. The summed E-state index contributed by atoms with van der Waals surface area (Å²) >= 11 is 3.45. The van der Waals surface area contributed by atoms with Crippen LogP contribution in [0.3, 0.4) is 0 Å². The third kappa shape index (κ3) is 7.18. The Labute approximate surface area is 158 Å². The molecule has 0 radical (unpaired) electrons. The molecular weight excluding hydrogens is 402 g/mol. The first-order chi connectivity index (χ1) is 11.8. The molecule has 2 rings (SSSR count). The van der Waals surface area contributed by atoms with Gasteiger partial charge in [-0.15, -0.1) is 0 Å². The normalized spacial score (nSPS) is 11.7. The van der Waals surface area contributed by atoms with E-state index in [0.29, 0.717) is 17.3 Å². The average molecular weight is 426 g/mol. The number of nitrogens with zero attached hydrogens (tertiary/aromatic N) is 1. The topological polar surface area (TPSA) is 46.6 Å². The molecule has 0 spiro atoms. The molecule has 0 aliphatic carbocycles. The Morgan fingerprint density at radius 3 is 2.24 bits per heavy atom. The fraction of sp³-hybridized carbons (Fsp3) is 0.368. The zero-order valence-electron chi connectivity index (χ0n) is 14.6. The van der Waals surface area contributed by atoms with Gasteiger partial charge in [-0.05, 0) is 61.9 Å². The molecule has 0 atom stereocenters. The van der Waals surface area contributed by atoms with E-state index >= 15 is 0 Å². The van der Waals surface area contributed by atoms with E-state index in [2.05, 4.69) is 52.1 Å².